The first-order valence-electron chi connectivity index (χ1n) is 10.4. The molecular weight excluding hydrogens is 499 g/mol. The van der Waals surface area contributed by atoms with Gasteiger partial charge in [-0.05, 0) is 41.9 Å². The highest BCUT2D eigenvalue weighted by molar-refractivity contribution is 7.09. The Hall–Kier alpha value is -4.33. The lowest BCUT2D eigenvalue weighted by Crippen LogP contribution is -2.35. The fraction of sp³-hybridized carbons (Fsp3) is 0.182. The van der Waals surface area contributed by atoms with Gasteiger partial charge in [0.25, 0.3) is 6.20 Å². The number of benzene rings is 1. The quantitative estimate of drug-likeness (QED) is 0.318. The molecule has 0 radical (unpaired) electrons. The summed E-state index contributed by atoms with van der Waals surface area (Å²) in [5, 5.41) is 13.3. The molecule has 0 saturated heterocycles. The molecule has 3 amide bonds. The fourth-order valence-corrected chi connectivity index (χ4v) is 3.75. The van der Waals surface area contributed by atoms with Crippen LogP contribution in [0.25, 0.3) is 0 Å². The van der Waals surface area contributed by atoms with Crippen molar-refractivity contribution in [3.63, 3.8) is 0 Å². The predicted octanol–water partition coefficient (Wildman–Crippen LogP) is 4.01. The maximum absolute atomic E-state index is 13.4. The van der Waals surface area contributed by atoms with Crippen LogP contribution in [0.5, 0.6) is 0 Å². The molecule has 3 heterocycles. The first-order chi connectivity index (χ1) is 17.1. The zero-order chi connectivity index (χ0) is 25.7. The van der Waals surface area contributed by atoms with E-state index < -0.39 is 23.7 Å². The molecule has 0 atom stereocenters. The molecule has 0 bridgehead atoms. The fourth-order valence-electron chi connectivity index (χ4n) is 3.14. The molecule has 0 aliphatic heterocycles. The summed E-state index contributed by atoms with van der Waals surface area (Å²) in [5.74, 6) is -0.586. The van der Waals surface area contributed by atoms with Gasteiger partial charge in [0, 0.05) is 23.0 Å². The maximum Gasteiger partial charge on any atom is 0.416 e. The molecular formula is C22H19F3N7O3S+. The second kappa shape index (κ2) is 10.5. The Kier molecular flexibility index (Phi) is 7.24. The summed E-state index contributed by atoms with van der Waals surface area (Å²) in [7, 11) is 0. The van der Waals surface area contributed by atoms with Crippen LogP contribution in [0.3, 0.4) is 0 Å². The number of hydrogen-bond acceptors (Lipinski definition) is 7. The number of carbonyl (C=O) groups excluding carboxylic acids is 2. The molecule has 10 nitrogen and oxygen atoms in total. The molecule has 3 aromatic heterocycles. The van der Waals surface area contributed by atoms with Crippen LogP contribution < -0.4 is 20.6 Å². The van der Waals surface area contributed by atoms with Crippen molar-refractivity contribution >= 4 is 40.5 Å². The average Bonchev–Trinajstić information content (AvgIpc) is 3.41. The van der Waals surface area contributed by atoms with Gasteiger partial charge in [0.15, 0.2) is 0 Å². The normalized spacial score (nSPS) is 11.2. The second-order valence-electron chi connectivity index (χ2n) is 7.54. The second-order valence-corrected chi connectivity index (χ2v) is 8.61. The molecule has 36 heavy (non-hydrogen) atoms. The Morgan fingerprint density at radius 3 is 2.53 bits per heavy atom. The summed E-state index contributed by atoms with van der Waals surface area (Å²) in [4.78, 5) is 33.0. The van der Waals surface area contributed by atoms with Crippen LogP contribution in [0.2, 0.25) is 0 Å². The summed E-state index contributed by atoms with van der Waals surface area (Å²) >= 11 is 1.36. The highest BCUT2D eigenvalue weighted by Crippen LogP contribution is 2.33. The third-order valence-corrected chi connectivity index (χ3v) is 5.43. The minimum Gasteiger partial charge on any atom is -0.326 e. The molecule has 14 heteroatoms. The molecule has 0 saturated carbocycles. The van der Waals surface area contributed by atoms with Gasteiger partial charge in [0.2, 0.25) is 17.7 Å². The lowest BCUT2D eigenvalue weighted by atomic mass is 10.1. The van der Waals surface area contributed by atoms with E-state index in [1.807, 2.05) is 0 Å². The monoisotopic (exact) mass is 518 g/mol. The average molecular weight is 519 g/mol. The summed E-state index contributed by atoms with van der Waals surface area (Å²) in [6.45, 7) is 2.06. The van der Waals surface area contributed by atoms with Crippen molar-refractivity contribution in [2.24, 2.45) is 0 Å². The van der Waals surface area contributed by atoms with Crippen LogP contribution in [-0.2, 0) is 23.9 Å². The van der Waals surface area contributed by atoms with Gasteiger partial charge in [0.05, 0.1) is 22.7 Å². The lowest BCUT2D eigenvalue weighted by molar-refractivity contribution is -0.755. The van der Waals surface area contributed by atoms with Crippen LogP contribution in [0.4, 0.5) is 35.2 Å². The number of nitrogens with one attached hydrogen (secondary N) is 3. The number of alkyl halides is 3. The Bertz CT molecular complexity index is 1370. The zero-order valence-corrected chi connectivity index (χ0v) is 19.5. The predicted molar refractivity (Wildman–Crippen MR) is 123 cm³/mol. The van der Waals surface area contributed by atoms with E-state index in [0.29, 0.717) is 11.4 Å². The van der Waals surface area contributed by atoms with Crippen LogP contribution in [0.1, 0.15) is 22.0 Å². The number of hydrogen-bond donors (Lipinski definition) is 3. The van der Waals surface area contributed by atoms with E-state index in [9.17, 15) is 22.8 Å². The number of anilines is 3. The molecule has 3 N–H and O–H groups in total. The van der Waals surface area contributed by atoms with E-state index in [2.05, 4.69) is 31.2 Å². The van der Waals surface area contributed by atoms with Gasteiger partial charge >= 0.3 is 18.1 Å². The molecule has 0 spiro atoms. The summed E-state index contributed by atoms with van der Waals surface area (Å²) in [6, 6.07) is 7.22. The highest BCUT2D eigenvalue weighted by Gasteiger charge is 2.31. The third-order valence-electron chi connectivity index (χ3n) is 4.61. The standard InChI is InChI=1S/C22H18F3N7O3S/c1-13-27-18(12-36-13)9-19(33)28-16-6-14(22(23,24)25)7-17(8-16)29-21(34)30-20-11-32(31-35-20)10-15-4-2-3-5-26-15/h2-8,11-12H,9-10H2,1H3,(H2-,28,29,30,31,33,34)/p+1. The van der Waals surface area contributed by atoms with Gasteiger partial charge in [0.1, 0.15) is 5.69 Å². The third kappa shape index (κ3) is 6.85. The van der Waals surface area contributed by atoms with Crippen LogP contribution in [0.15, 0.2) is 58.7 Å². The summed E-state index contributed by atoms with van der Waals surface area (Å²) in [5.41, 5.74) is -0.164. The number of pyridine rings is 1. The number of aromatic nitrogens is 4. The Balaban J connectivity index is 1.43. The number of carbonyl (C=O) groups is 2. The van der Waals surface area contributed by atoms with Crippen molar-refractivity contribution in [1.29, 1.82) is 0 Å². The van der Waals surface area contributed by atoms with E-state index in [1.54, 1.807) is 36.7 Å². The molecule has 186 valence electrons. The van der Waals surface area contributed by atoms with Crippen LogP contribution in [-0.4, -0.2) is 27.2 Å². The highest BCUT2D eigenvalue weighted by atomic mass is 32.1. The van der Waals surface area contributed by atoms with Gasteiger partial charge in [-0.3, -0.25) is 19.6 Å². The van der Waals surface area contributed by atoms with E-state index in [1.165, 1.54) is 28.3 Å². The minimum absolute atomic E-state index is 0.0394. The van der Waals surface area contributed by atoms with Crippen LogP contribution in [0, 0.1) is 6.92 Å². The van der Waals surface area contributed by atoms with Crippen molar-refractivity contribution in [1.82, 2.24) is 15.2 Å². The minimum atomic E-state index is -4.71. The Labute approximate surface area is 206 Å². The van der Waals surface area contributed by atoms with Gasteiger partial charge in [-0.15, -0.1) is 11.3 Å². The van der Waals surface area contributed by atoms with Gasteiger partial charge in [-0.25, -0.2) is 9.78 Å². The number of aryl methyl sites for hydroxylation is 1. The number of thiazole rings is 1. The van der Waals surface area contributed by atoms with Gasteiger partial charge in [-0.2, -0.15) is 13.2 Å². The first-order valence-corrected chi connectivity index (χ1v) is 11.3. The molecule has 0 aliphatic carbocycles. The lowest BCUT2D eigenvalue weighted by Gasteiger charge is -2.13. The summed E-state index contributed by atoms with van der Waals surface area (Å²) in [6.07, 6.45) is -1.80. The molecule has 0 aliphatic rings. The molecule has 0 fully saturated rings. The van der Waals surface area contributed by atoms with Crippen molar-refractivity contribution in [3.8, 4) is 0 Å². The topological polar surface area (TPSA) is 126 Å². The van der Waals surface area contributed by atoms with Crippen molar-refractivity contribution < 1.29 is 32.0 Å². The van der Waals surface area contributed by atoms with E-state index >= 15 is 0 Å². The van der Waals surface area contributed by atoms with Crippen molar-refractivity contribution in [2.75, 3.05) is 16.0 Å². The smallest absolute Gasteiger partial charge is 0.326 e. The number of rotatable bonds is 7. The maximum atomic E-state index is 13.4. The summed E-state index contributed by atoms with van der Waals surface area (Å²) < 4.78 is 46.7. The van der Waals surface area contributed by atoms with Crippen molar-refractivity contribution in [2.45, 2.75) is 26.1 Å². The van der Waals surface area contributed by atoms with Gasteiger partial charge in [-0.1, -0.05) is 6.07 Å². The number of amides is 3. The molecule has 4 rings (SSSR count). The molecule has 0 unspecified atom stereocenters. The Morgan fingerprint density at radius 1 is 1.08 bits per heavy atom. The SMILES string of the molecule is Cc1nc(CC(=O)Nc2cc(NC(=O)Nc3c[n+](Cc4ccccn4)no3)cc(C(F)(F)F)c2)cs1. The molecule has 1 aromatic carbocycles. The Morgan fingerprint density at radius 2 is 1.86 bits per heavy atom. The first kappa shape index (κ1) is 24.8. The van der Waals surface area contributed by atoms with Crippen LogP contribution >= 0.6 is 11.3 Å². The number of halogens is 3. The molecule has 4 aromatic rings. The van der Waals surface area contributed by atoms with E-state index in [-0.39, 0.29) is 30.2 Å². The largest absolute Gasteiger partial charge is 0.416 e. The van der Waals surface area contributed by atoms with Gasteiger partial charge < -0.3 is 10.6 Å². The van der Waals surface area contributed by atoms with Crippen molar-refractivity contribution in [3.05, 3.63) is 76.1 Å². The number of nitrogens with zero attached hydrogens (tertiary/aromatic N) is 4. The zero-order valence-electron chi connectivity index (χ0n) is 18.7. The van der Waals surface area contributed by atoms with E-state index in [0.717, 1.165) is 17.1 Å². The number of urea groups is 1. The van der Waals surface area contributed by atoms with E-state index in [4.69, 9.17) is 4.52 Å².